The highest BCUT2D eigenvalue weighted by Crippen LogP contribution is 2.18. The fraction of sp³-hybridized carbons (Fsp3) is 0.222. The number of hydrogen-bond donors (Lipinski definition) is 3. The Kier molecular flexibility index (Phi) is 3.44. The van der Waals surface area contributed by atoms with Crippen LogP contribution in [0.2, 0.25) is 0 Å². The third kappa shape index (κ3) is 2.21. The summed E-state index contributed by atoms with van der Waals surface area (Å²) in [7, 11) is 1.51. The summed E-state index contributed by atoms with van der Waals surface area (Å²) in [4.78, 5) is 11.0. The average Bonchev–Trinajstić information content (AvgIpc) is 2.27. The number of ether oxygens (including phenoxy) is 1. The number of hydrogen-bond acceptors (Lipinski definition) is 4. The number of carbonyl (C=O) groups is 1. The molecule has 0 spiro atoms. The second-order valence-electron chi connectivity index (χ2n) is 2.69. The maximum Gasteiger partial charge on any atom is 0.267 e. The van der Waals surface area contributed by atoms with E-state index in [-0.39, 0.29) is 0 Å². The first kappa shape index (κ1) is 10.5. The molecule has 0 saturated carbocycles. The van der Waals surface area contributed by atoms with Crippen LogP contribution in [-0.2, 0) is 4.79 Å². The Labute approximate surface area is 81.5 Å². The Hall–Kier alpha value is -1.59. The number of benzene rings is 1. The number of hydrazine groups is 1. The first-order valence-electron chi connectivity index (χ1n) is 4.01. The maximum absolute atomic E-state index is 11.0. The van der Waals surface area contributed by atoms with E-state index in [1.54, 1.807) is 24.3 Å². The summed E-state index contributed by atoms with van der Waals surface area (Å²) in [5.74, 6) is 4.81. The first-order valence-corrected chi connectivity index (χ1v) is 4.01. The standard InChI is InChI=1S/C9H12N2O3/c1-14-7-4-2-3-6(5-7)8(12)9(13)11-10/h2-5,8,12H,10H2,1H3,(H,11,13)/t8-/m0/s1. The van der Waals surface area contributed by atoms with Crippen LogP contribution in [0.5, 0.6) is 5.75 Å². The van der Waals surface area contributed by atoms with Gasteiger partial charge in [-0.2, -0.15) is 0 Å². The molecule has 4 N–H and O–H groups in total. The largest absolute Gasteiger partial charge is 0.497 e. The number of aliphatic hydroxyl groups excluding tert-OH is 1. The van der Waals surface area contributed by atoms with Gasteiger partial charge in [0.2, 0.25) is 0 Å². The molecule has 0 saturated heterocycles. The molecule has 1 atom stereocenters. The van der Waals surface area contributed by atoms with Crippen LogP contribution >= 0.6 is 0 Å². The van der Waals surface area contributed by atoms with E-state index >= 15 is 0 Å². The van der Waals surface area contributed by atoms with Crippen molar-refractivity contribution < 1.29 is 14.6 Å². The lowest BCUT2D eigenvalue weighted by Gasteiger charge is -2.09. The Balaban J connectivity index is 2.89. The highest BCUT2D eigenvalue weighted by atomic mass is 16.5. The smallest absolute Gasteiger partial charge is 0.267 e. The van der Waals surface area contributed by atoms with Crippen molar-refractivity contribution in [2.45, 2.75) is 6.10 Å². The zero-order valence-corrected chi connectivity index (χ0v) is 7.73. The molecule has 1 aromatic rings. The molecule has 0 unspecified atom stereocenters. The molecule has 0 fully saturated rings. The number of nitrogens with one attached hydrogen (secondary N) is 1. The topological polar surface area (TPSA) is 84.6 Å². The van der Waals surface area contributed by atoms with Gasteiger partial charge in [0, 0.05) is 0 Å². The predicted octanol–water partition coefficient (Wildman–Crippen LogP) is -0.282. The SMILES string of the molecule is COc1cccc([C@H](O)C(=O)NN)c1. The van der Waals surface area contributed by atoms with Gasteiger partial charge >= 0.3 is 0 Å². The molecule has 0 aliphatic carbocycles. The minimum Gasteiger partial charge on any atom is -0.497 e. The molecule has 0 aliphatic heterocycles. The van der Waals surface area contributed by atoms with E-state index in [9.17, 15) is 9.90 Å². The van der Waals surface area contributed by atoms with Crippen molar-refractivity contribution in [3.63, 3.8) is 0 Å². The summed E-state index contributed by atoms with van der Waals surface area (Å²) in [6, 6.07) is 6.58. The van der Waals surface area contributed by atoms with Crippen LogP contribution < -0.4 is 16.0 Å². The number of methoxy groups -OCH3 is 1. The third-order valence-corrected chi connectivity index (χ3v) is 1.80. The molecule has 0 aliphatic rings. The van der Waals surface area contributed by atoms with E-state index in [4.69, 9.17) is 10.6 Å². The van der Waals surface area contributed by atoms with Gasteiger partial charge in [0.15, 0.2) is 6.10 Å². The molecule has 5 heteroatoms. The van der Waals surface area contributed by atoms with Crippen molar-refractivity contribution in [3.05, 3.63) is 29.8 Å². The van der Waals surface area contributed by atoms with Crippen LogP contribution in [0, 0.1) is 0 Å². The molecule has 14 heavy (non-hydrogen) atoms. The number of amides is 1. The van der Waals surface area contributed by atoms with Crippen molar-refractivity contribution >= 4 is 5.91 Å². The molecule has 1 aromatic carbocycles. The van der Waals surface area contributed by atoms with Crippen LogP contribution in [0.3, 0.4) is 0 Å². The average molecular weight is 196 g/mol. The Morgan fingerprint density at radius 2 is 2.36 bits per heavy atom. The van der Waals surface area contributed by atoms with Gasteiger partial charge in [-0.25, -0.2) is 5.84 Å². The predicted molar refractivity (Wildman–Crippen MR) is 50.3 cm³/mol. The van der Waals surface area contributed by atoms with Gasteiger partial charge in [0.1, 0.15) is 5.75 Å². The second kappa shape index (κ2) is 4.59. The highest BCUT2D eigenvalue weighted by molar-refractivity contribution is 5.81. The quantitative estimate of drug-likeness (QED) is 0.352. The van der Waals surface area contributed by atoms with Crippen molar-refractivity contribution in [2.75, 3.05) is 7.11 Å². The molecule has 1 rings (SSSR count). The summed E-state index contributed by atoms with van der Waals surface area (Å²) in [6.07, 6.45) is -1.27. The summed E-state index contributed by atoms with van der Waals surface area (Å²) < 4.78 is 4.94. The summed E-state index contributed by atoms with van der Waals surface area (Å²) in [5, 5.41) is 9.46. The minimum absolute atomic E-state index is 0.437. The van der Waals surface area contributed by atoms with Crippen molar-refractivity contribution in [1.82, 2.24) is 5.43 Å². The molecule has 1 amide bonds. The third-order valence-electron chi connectivity index (χ3n) is 1.80. The lowest BCUT2D eigenvalue weighted by molar-refractivity contribution is -0.129. The number of nitrogens with two attached hydrogens (primary N) is 1. The normalized spacial score (nSPS) is 11.9. The second-order valence-corrected chi connectivity index (χ2v) is 2.69. The molecule has 5 nitrogen and oxygen atoms in total. The van der Waals surface area contributed by atoms with Crippen LogP contribution in [0.1, 0.15) is 11.7 Å². The van der Waals surface area contributed by atoms with E-state index < -0.39 is 12.0 Å². The lowest BCUT2D eigenvalue weighted by Crippen LogP contribution is -2.34. The van der Waals surface area contributed by atoms with Crippen LogP contribution in [0.4, 0.5) is 0 Å². The van der Waals surface area contributed by atoms with E-state index in [1.165, 1.54) is 7.11 Å². The molecule has 76 valence electrons. The molecule has 0 aromatic heterocycles. The van der Waals surface area contributed by atoms with Gasteiger partial charge in [-0.3, -0.25) is 10.2 Å². The van der Waals surface area contributed by atoms with Crippen molar-refractivity contribution in [1.29, 1.82) is 0 Å². The summed E-state index contributed by atoms with van der Waals surface area (Å²) >= 11 is 0. The molecule has 0 heterocycles. The van der Waals surface area contributed by atoms with E-state index in [2.05, 4.69) is 0 Å². The number of aliphatic hydroxyl groups is 1. The van der Waals surface area contributed by atoms with Gasteiger partial charge in [0.05, 0.1) is 7.11 Å². The molecular formula is C9H12N2O3. The van der Waals surface area contributed by atoms with Gasteiger partial charge in [0.25, 0.3) is 5.91 Å². The number of rotatable bonds is 3. The fourth-order valence-electron chi connectivity index (χ4n) is 1.04. The molecule has 0 bridgehead atoms. The van der Waals surface area contributed by atoms with Gasteiger partial charge < -0.3 is 9.84 Å². The molecule has 0 radical (unpaired) electrons. The zero-order valence-electron chi connectivity index (χ0n) is 7.73. The Morgan fingerprint density at radius 3 is 2.93 bits per heavy atom. The van der Waals surface area contributed by atoms with Crippen LogP contribution in [0.15, 0.2) is 24.3 Å². The van der Waals surface area contributed by atoms with E-state index in [1.807, 2.05) is 5.43 Å². The Bertz CT molecular complexity index is 328. The zero-order chi connectivity index (χ0) is 10.6. The number of carbonyl (C=O) groups excluding carboxylic acids is 1. The van der Waals surface area contributed by atoms with Gasteiger partial charge in [-0.1, -0.05) is 12.1 Å². The van der Waals surface area contributed by atoms with Crippen molar-refractivity contribution in [2.24, 2.45) is 5.84 Å². The fourth-order valence-corrected chi connectivity index (χ4v) is 1.04. The summed E-state index contributed by atoms with van der Waals surface area (Å²) in [6.45, 7) is 0. The van der Waals surface area contributed by atoms with E-state index in [0.717, 1.165) is 0 Å². The lowest BCUT2D eigenvalue weighted by atomic mass is 10.1. The highest BCUT2D eigenvalue weighted by Gasteiger charge is 2.16. The van der Waals surface area contributed by atoms with Crippen LogP contribution in [0.25, 0.3) is 0 Å². The Morgan fingerprint density at radius 1 is 1.64 bits per heavy atom. The monoisotopic (exact) mass is 196 g/mol. The van der Waals surface area contributed by atoms with Gasteiger partial charge in [-0.05, 0) is 17.7 Å². The molecular weight excluding hydrogens is 184 g/mol. The van der Waals surface area contributed by atoms with E-state index in [0.29, 0.717) is 11.3 Å². The van der Waals surface area contributed by atoms with Crippen LogP contribution in [-0.4, -0.2) is 18.1 Å². The first-order chi connectivity index (χ1) is 6.69. The maximum atomic E-state index is 11.0. The van der Waals surface area contributed by atoms with Gasteiger partial charge in [-0.15, -0.1) is 0 Å². The summed E-state index contributed by atoms with van der Waals surface area (Å²) in [5.41, 5.74) is 2.31. The van der Waals surface area contributed by atoms with Crippen molar-refractivity contribution in [3.8, 4) is 5.75 Å². The minimum atomic E-state index is -1.27.